The largest absolute Gasteiger partial charge is 0.497 e. The molecule has 0 spiro atoms. The molecule has 1 N–H and O–H groups in total. The van der Waals surface area contributed by atoms with Gasteiger partial charge in [0.05, 0.1) is 7.11 Å². The van der Waals surface area contributed by atoms with Gasteiger partial charge in [0.2, 0.25) is 0 Å². The number of rotatable bonds is 5. The van der Waals surface area contributed by atoms with Crippen molar-refractivity contribution in [2.75, 3.05) is 7.11 Å². The third-order valence-corrected chi connectivity index (χ3v) is 4.54. The molecular formula is C21H20N2O4. The number of aromatic nitrogens is 1. The first-order chi connectivity index (χ1) is 13.1. The van der Waals surface area contributed by atoms with Crippen molar-refractivity contribution in [1.29, 1.82) is 0 Å². The fourth-order valence-corrected chi connectivity index (χ4v) is 3.11. The van der Waals surface area contributed by atoms with Crippen molar-refractivity contribution < 1.29 is 18.8 Å². The molecule has 0 unspecified atom stereocenters. The minimum atomic E-state index is -0.279. The molecular weight excluding hydrogens is 344 g/mol. The Labute approximate surface area is 157 Å². The van der Waals surface area contributed by atoms with Gasteiger partial charge in [-0.15, -0.1) is 0 Å². The Morgan fingerprint density at radius 1 is 1.22 bits per heavy atom. The van der Waals surface area contributed by atoms with Crippen LogP contribution in [0.25, 0.3) is 11.3 Å². The van der Waals surface area contributed by atoms with Gasteiger partial charge >= 0.3 is 0 Å². The van der Waals surface area contributed by atoms with Gasteiger partial charge in [-0.2, -0.15) is 0 Å². The average Bonchev–Trinajstić information content (AvgIpc) is 3.31. The van der Waals surface area contributed by atoms with E-state index in [1.54, 1.807) is 13.2 Å². The average molecular weight is 364 g/mol. The molecule has 138 valence electrons. The lowest BCUT2D eigenvalue weighted by molar-refractivity contribution is 0.0942. The van der Waals surface area contributed by atoms with Crippen LogP contribution in [0.2, 0.25) is 0 Å². The molecule has 6 heteroatoms. The van der Waals surface area contributed by atoms with Gasteiger partial charge in [0.25, 0.3) is 5.91 Å². The Kier molecular flexibility index (Phi) is 4.54. The van der Waals surface area contributed by atoms with Crippen LogP contribution in [0.3, 0.4) is 0 Å². The Balaban J connectivity index is 1.42. The topological polar surface area (TPSA) is 73.6 Å². The van der Waals surface area contributed by atoms with Crippen LogP contribution in [0.4, 0.5) is 0 Å². The predicted molar refractivity (Wildman–Crippen MR) is 99.9 cm³/mol. The smallest absolute Gasteiger partial charge is 0.273 e. The highest BCUT2D eigenvalue weighted by Crippen LogP contribution is 2.33. The van der Waals surface area contributed by atoms with Crippen LogP contribution < -0.4 is 14.8 Å². The number of nitrogens with one attached hydrogen (secondary N) is 1. The minimum Gasteiger partial charge on any atom is -0.497 e. The number of benzene rings is 2. The van der Waals surface area contributed by atoms with Crippen molar-refractivity contribution in [2.24, 2.45) is 0 Å². The summed E-state index contributed by atoms with van der Waals surface area (Å²) in [6.45, 7) is 2.44. The van der Waals surface area contributed by atoms with Gasteiger partial charge in [0.15, 0.2) is 11.5 Å². The van der Waals surface area contributed by atoms with Gasteiger partial charge in [-0.1, -0.05) is 17.3 Å². The van der Waals surface area contributed by atoms with E-state index in [0.29, 0.717) is 12.3 Å². The Morgan fingerprint density at radius 2 is 2.04 bits per heavy atom. The second-order valence-electron chi connectivity index (χ2n) is 6.56. The van der Waals surface area contributed by atoms with Gasteiger partial charge in [-0.3, -0.25) is 4.79 Å². The highest BCUT2D eigenvalue weighted by atomic mass is 16.5. The number of amides is 1. The number of hydrogen-bond acceptors (Lipinski definition) is 5. The molecule has 0 radical (unpaired) electrons. The van der Waals surface area contributed by atoms with Crippen LogP contribution in [0, 0.1) is 0 Å². The third-order valence-electron chi connectivity index (χ3n) is 4.54. The molecule has 1 atom stereocenters. The van der Waals surface area contributed by atoms with E-state index >= 15 is 0 Å². The van der Waals surface area contributed by atoms with Crippen molar-refractivity contribution in [3.8, 4) is 22.8 Å². The molecule has 4 rings (SSSR count). The summed E-state index contributed by atoms with van der Waals surface area (Å²) in [6.07, 6.45) is 1.05. The number of ether oxygens (including phenoxy) is 2. The molecule has 27 heavy (non-hydrogen) atoms. The van der Waals surface area contributed by atoms with Crippen molar-refractivity contribution in [2.45, 2.75) is 26.0 Å². The summed E-state index contributed by atoms with van der Waals surface area (Å²) in [5.41, 5.74) is 3.25. The van der Waals surface area contributed by atoms with E-state index in [-0.39, 0.29) is 17.7 Å². The quantitative estimate of drug-likeness (QED) is 0.749. The molecule has 0 aliphatic carbocycles. The molecule has 1 amide bonds. The predicted octanol–water partition coefficient (Wildman–Crippen LogP) is 3.60. The zero-order chi connectivity index (χ0) is 18.8. The summed E-state index contributed by atoms with van der Waals surface area (Å²) in [5.74, 6) is 1.97. The Bertz CT molecular complexity index is 963. The maximum atomic E-state index is 12.3. The molecule has 0 saturated carbocycles. The minimum absolute atomic E-state index is 0.185. The molecule has 3 aromatic rings. The monoisotopic (exact) mass is 364 g/mol. The lowest BCUT2D eigenvalue weighted by Gasteiger charge is -2.04. The van der Waals surface area contributed by atoms with Gasteiger partial charge in [0.1, 0.15) is 17.6 Å². The zero-order valence-corrected chi connectivity index (χ0v) is 15.2. The Hall–Kier alpha value is -3.28. The molecule has 2 aromatic carbocycles. The third kappa shape index (κ3) is 3.65. The maximum absolute atomic E-state index is 12.3. The van der Waals surface area contributed by atoms with E-state index in [0.717, 1.165) is 34.6 Å². The van der Waals surface area contributed by atoms with E-state index in [2.05, 4.69) is 10.5 Å². The molecule has 1 aliphatic heterocycles. The summed E-state index contributed by atoms with van der Waals surface area (Å²) < 4.78 is 16.2. The molecule has 6 nitrogen and oxygen atoms in total. The van der Waals surface area contributed by atoms with Crippen LogP contribution in [0.15, 0.2) is 53.1 Å². The normalized spacial score (nSPS) is 15.1. The van der Waals surface area contributed by atoms with E-state index in [4.69, 9.17) is 14.0 Å². The van der Waals surface area contributed by atoms with Gasteiger partial charge in [-0.05, 0) is 48.4 Å². The first-order valence-corrected chi connectivity index (χ1v) is 8.80. The molecule has 1 aliphatic rings. The van der Waals surface area contributed by atoms with E-state index in [1.807, 2.05) is 49.4 Å². The maximum Gasteiger partial charge on any atom is 0.273 e. The second kappa shape index (κ2) is 7.15. The summed E-state index contributed by atoms with van der Waals surface area (Å²) >= 11 is 0. The first-order valence-electron chi connectivity index (χ1n) is 8.80. The van der Waals surface area contributed by atoms with Crippen LogP contribution >= 0.6 is 0 Å². The highest BCUT2D eigenvalue weighted by Gasteiger charge is 2.20. The molecule has 0 bridgehead atoms. The number of nitrogens with zero attached hydrogens (tertiary/aromatic N) is 1. The number of carbonyl (C=O) groups excluding carboxylic acids is 1. The summed E-state index contributed by atoms with van der Waals surface area (Å²) in [4.78, 5) is 12.3. The zero-order valence-electron chi connectivity index (χ0n) is 15.2. The Morgan fingerprint density at radius 3 is 2.81 bits per heavy atom. The number of hydrogen-bond donors (Lipinski definition) is 1. The summed E-state index contributed by atoms with van der Waals surface area (Å²) in [7, 11) is 1.62. The second-order valence-corrected chi connectivity index (χ2v) is 6.56. The fraction of sp³-hybridized carbons (Fsp3) is 0.238. The van der Waals surface area contributed by atoms with Crippen LogP contribution in [0.1, 0.15) is 28.5 Å². The van der Waals surface area contributed by atoms with Crippen molar-refractivity contribution >= 4 is 5.91 Å². The van der Waals surface area contributed by atoms with Crippen LogP contribution in [0.5, 0.6) is 11.5 Å². The lowest BCUT2D eigenvalue weighted by Crippen LogP contribution is -2.22. The highest BCUT2D eigenvalue weighted by molar-refractivity contribution is 5.93. The van der Waals surface area contributed by atoms with E-state index in [1.165, 1.54) is 0 Å². The molecule has 0 fully saturated rings. The summed E-state index contributed by atoms with van der Waals surface area (Å²) in [5, 5.41) is 6.75. The molecule has 0 saturated heterocycles. The van der Waals surface area contributed by atoms with Gasteiger partial charge in [-0.25, -0.2) is 0 Å². The SMILES string of the molecule is COc1ccc(CNC(=O)c2cc(-c3ccc4c(c3)C[C@@H](C)O4)on2)cc1. The van der Waals surface area contributed by atoms with E-state index in [9.17, 15) is 4.79 Å². The van der Waals surface area contributed by atoms with Gasteiger partial charge < -0.3 is 19.3 Å². The number of carbonyl (C=O) groups is 1. The molecule has 2 heterocycles. The first kappa shape index (κ1) is 17.1. The van der Waals surface area contributed by atoms with Crippen LogP contribution in [-0.4, -0.2) is 24.3 Å². The van der Waals surface area contributed by atoms with E-state index < -0.39 is 0 Å². The van der Waals surface area contributed by atoms with Crippen molar-refractivity contribution in [3.63, 3.8) is 0 Å². The number of fused-ring (bicyclic) bond motifs is 1. The molecule has 1 aromatic heterocycles. The number of methoxy groups -OCH3 is 1. The van der Waals surface area contributed by atoms with Crippen molar-refractivity contribution in [1.82, 2.24) is 10.5 Å². The van der Waals surface area contributed by atoms with Crippen molar-refractivity contribution in [3.05, 3.63) is 65.4 Å². The van der Waals surface area contributed by atoms with Crippen LogP contribution in [-0.2, 0) is 13.0 Å². The summed E-state index contributed by atoms with van der Waals surface area (Å²) in [6, 6.07) is 15.0. The standard InChI is InChI=1S/C21H20N2O4/c1-13-9-16-10-15(5-8-19(16)26-13)20-11-18(23-27-20)21(24)22-12-14-3-6-17(25-2)7-4-14/h3-8,10-11,13H,9,12H2,1-2H3,(H,22,24)/t13-/m1/s1. The van der Waals surface area contributed by atoms with Gasteiger partial charge in [0, 0.05) is 24.6 Å². The lowest BCUT2D eigenvalue weighted by atomic mass is 10.1. The fourth-order valence-electron chi connectivity index (χ4n) is 3.11.